The second-order valence-electron chi connectivity index (χ2n) is 4.40. The quantitative estimate of drug-likeness (QED) is 0.725. The van der Waals surface area contributed by atoms with E-state index < -0.39 is 8.25 Å². The molecule has 0 radical (unpaired) electrons. The van der Waals surface area contributed by atoms with Crippen LogP contribution in [0.25, 0.3) is 0 Å². The van der Waals surface area contributed by atoms with Crippen LogP contribution in [0.15, 0.2) is 60.7 Å². The fourth-order valence-electron chi connectivity index (χ4n) is 1.70. The number of quaternary nitrogens is 2. The van der Waals surface area contributed by atoms with Crippen molar-refractivity contribution >= 4 is 8.25 Å². The lowest BCUT2D eigenvalue weighted by atomic mass is 10.2. The van der Waals surface area contributed by atoms with Gasteiger partial charge in [0.1, 0.15) is 0 Å². The molecule has 0 aromatic heterocycles. The van der Waals surface area contributed by atoms with E-state index in [-0.39, 0.29) is 0 Å². The largest absolute Gasteiger partial charge is 0.598 e. The molecule has 0 unspecified atom stereocenters. The van der Waals surface area contributed by atoms with Gasteiger partial charge in [-0.3, -0.25) is 0 Å². The molecule has 5 nitrogen and oxygen atoms in total. The van der Waals surface area contributed by atoms with Crippen molar-refractivity contribution in [3.8, 4) is 0 Å². The van der Waals surface area contributed by atoms with Crippen molar-refractivity contribution in [3.63, 3.8) is 0 Å². The van der Waals surface area contributed by atoms with Gasteiger partial charge >= 0.3 is 0 Å². The first-order valence-electron chi connectivity index (χ1n) is 7.08. The Labute approximate surface area is 132 Å². The first-order chi connectivity index (χ1) is 10.6. The standard InChI is InChI=1S/2C8H11N.HO3P/c2*9-7-6-8-4-2-1-3-5-8;1-4(2)3/h2*1-5H,6-7,9H2;(H,1,2,3)/p+1. The molecular weight excluding hydrogens is 299 g/mol. The molecule has 6 heteroatoms. The first-order valence-corrected chi connectivity index (χ1v) is 8.17. The minimum Gasteiger partial charge on any atom is -0.598 e. The van der Waals surface area contributed by atoms with Crippen LogP contribution in [0.3, 0.4) is 0 Å². The van der Waals surface area contributed by atoms with Crippen LogP contribution in [0.1, 0.15) is 11.1 Å². The zero-order valence-corrected chi connectivity index (χ0v) is 13.6. The van der Waals surface area contributed by atoms with Crippen LogP contribution in [0, 0.1) is 0 Å². The summed E-state index contributed by atoms with van der Waals surface area (Å²) in [4.78, 5) is 17.0. The van der Waals surface area contributed by atoms with E-state index in [1.807, 2.05) is 12.1 Å². The SMILES string of the molecule is O=[P+]([O-])[O-].[NH3+]CCc1ccccc1.[NH3+]CCc1ccccc1. The molecule has 0 fully saturated rings. The molecular formula is C16H24N2O3P+. The Hall–Kier alpha value is -1.62. The summed E-state index contributed by atoms with van der Waals surface area (Å²) in [6, 6.07) is 20.8. The lowest BCUT2D eigenvalue weighted by Gasteiger charge is -1.92. The average Bonchev–Trinajstić information content (AvgIpc) is 2.50. The normalized spacial score (nSPS) is 8.91. The monoisotopic (exact) mass is 323 g/mol. The highest BCUT2D eigenvalue weighted by molar-refractivity contribution is 7.27. The molecule has 0 atom stereocenters. The Morgan fingerprint density at radius 3 is 1.23 bits per heavy atom. The number of rotatable bonds is 4. The fourth-order valence-corrected chi connectivity index (χ4v) is 1.70. The maximum Gasteiger partial charge on any atom is 0.276 e. The van der Waals surface area contributed by atoms with E-state index in [9.17, 15) is 0 Å². The molecule has 0 aliphatic heterocycles. The second-order valence-corrected chi connectivity index (χ2v) is 4.85. The molecule has 0 bridgehead atoms. The van der Waals surface area contributed by atoms with Gasteiger partial charge in [-0.1, -0.05) is 65.2 Å². The van der Waals surface area contributed by atoms with Gasteiger partial charge in [0, 0.05) is 12.8 Å². The van der Waals surface area contributed by atoms with Gasteiger partial charge in [-0.15, -0.1) is 0 Å². The molecule has 0 saturated heterocycles. The van der Waals surface area contributed by atoms with Crippen molar-refractivity contribution < 1.29 is 25.8 Å². The van der Waals surface area contributed by atoms with E-state index in [1.54, 1.807) is 0 Å². The van der Waals surface area contributed by atoms with Gasteiger partial charge in [-0.25, -0.2) is 0 Å². The molecule has 0 aliphatic rings. The van der Waals surface area contributed by atoms with Crippen molar-refractivity contribution in [1.82, 2.24) is 0 Å². The Morgan fingerprint density at radius 1 is 0.727 bits per heavy atom. The molecule has 0 saturated carbocycles. The Balaban J connectivity index is 0.000000326. The third kappa shape index (κ3) is 13.4. The molecule has 22 heavy (non-hydrogen) atoms. The van der Waals surface area contributed by atoms with Crippen LogP contribution in [-0.2, 0) is 17.4 Å². The highest BCUT2D eigenvalue weighted by Crippen LogP contribution is 1.97. The summed E-state index contributed by atoms with van der Waals surface area (Å²) in [5.41, 5.74) is 10.3. The number of benzene rings is 2. The Bertz CT molecular complexity index is 450. The zero-order chi connectivity index (χ0) is 16.6. The number of hydrogen-bond donors (Lipinski definition) is 2. The van der Waals surface area contributed by atoms with Gasteiger partial charge in [0.25, 0.3) is 8.25 Å². The van der Waals surface area contributed by atoms with Gasteiger partial charge in [0.15, 0.2) is 0 Å². The van der Waals surface area contributed by atoms with E-state index in [0.29, 0.717) is 0 Å². The summed E-state index contributed by atoms with van der Waals surface area (Å²) in [5.74, 6) is 0. The molecule has 0 aliphatic carbocycles. The third-order valence-corrected chi connectivity index (χ3v) is 2.62. The summed E-state index contributed by atoms with van der Waals surface area (Å²) >= 11 is 0. The van der Waals surface area contributed by atoms with Crippen LogP contribution < -0.4 is 21.3 Å². The van der Waals surface area contributed by atoms with Crippen LogP contribution in [0.5, 0.6) is 0 Å². The molecule has 2 aromatic carbocycles. The van der Waals surface area contributed by atoms with Crippen LogP contribution in [0.2, 0.25) is 0 Å². The predicted octanol–water partition coefficient (Wildman–Crippen LogP) is -0.694. The molecule has 6 N–H and O–H groups in total. The van der Waals surface area contributed by atoms with Crippen molar-refractivity contribution in [2.45, 2.75) is 12.8 Å². The van der Waals surface area contributed by atoms with Gasteiger partial charge in [0.2, 0.25) is 0 Å². The number of hydrogen-bond acceptors (Lipinski definition) is 3. The lowest BCUT2D eigenvalue weighted by Crippen LogP contribution is -2.51. The maximum absolute atomic E-state index is 8.48. The van der Waals surface area contributed by atoms with E-state index in [0.717, 1.165) is 25.9 Å². The average molecular weight is 323 g/mol. The van der Waals surface area contributed by atoms with E-state index >= 15 is 0 Å². The van der Waals surface area contributed by atoms with Gasteiger partial charge in [-0.05, 0) is 11.1 Å². The third-order valence-electron chi connectivity index (χ3n) is 2.62. The molecule has 0 heterocycles. The van der Waals surface area contributed by atoms with Crippen molar-refractivity contribution in [3.05, 3.63) is 71.8 Å². The van der Waals surface area contributed by atoms with E-state index in [1.165, 1.54) is 11.1 Å². The topological polar surface area (TPSA) is 118 Å². The van der Waals surface area contributed by atoms with Gasteiger partial charge < -0.3 is 21.3 Å². The van der Waals surface area contributed by atoms with Crippen molar-refractivity contribution in [2.24, 2.45) is 0 Å². The van der Waals surface area contributed by atoms with Gasteiger partial charge in [-0.2, -0.15) is 0 Å². The highest BCUT2D eigenvalue weighted by atomic mass is 31.1. The van der Waals surface area contributed by atoms with E-state index in [4.69, 9.17) is 14.4 Å². The Kier molecular flexibility index (Phi) is 13.3. The summed E-state index contributed by atoms with van der Waals surface area (Å²) < 4.78 is 8.48. The summed E-state index contributed by atoms with van der Waals surface area (Å²) in [6.07, 6.45) is 2.20. The molecule has 120 valence electrons. The molecule has 0 spiro atoms. The highest BCUT2D eigenvalue weighted by Gasteiger charge is 1.87. The Morgan fingerprint density at radius 2 is 1.00 bits per heavy atom. The lowest BCUT2D eigenvalue weighted by molar-refractivity contribution is -0.367. The maximum atomic E-state index is 8.48. The summed E-state index contributed by atoms with van der Waals surface area (Å²) in [7, 11) is -3.37. The van der Waals surface area contributed by atoms with Gasteiger partial charge in [0.05, 0.1) is 13.1 Å². The summed E-state index contributed by atoms with van der Waals surface area (Å²) in [5, 5.41) is 0. The predicted molar refractivity (Wildman–Crippen MR) is 83.4 cm³/mol. The minimum absolute atomic E-state index is 0.990. The zero-order valence-electron chi connectivity index (χ0n) is 12.7. The van der Waals surface area contributed by atoms with Crippen LogP contribution in [0.4, 0.5) is 0 Å². The first kappa shape index (κ1) is 20.4. The second kappa shape index (κ2) is 14.3. The smallest absolute Gasteiger partial charge is 0.276 e. The van der Waals surface area contributed by atoms with Crippen LogP contribution in [-0.4, -0.2) is 13.1 Å². The van der Waals surface area contributed by atoms with Crippen LogP contribution >= 0.6 is 8.25 Å². The molecule has 0 amide bonds. The molecule has 2 rings (SSSR count). The van der Waals surface area contributed by atoms with E-state index in [2.05, 4.69) is 60.0 Å². The van der Waals surface area contributed by atoms with Crippen molar-refractivity contribution in [2.75, 3.05) is 13.1 Å². The molecule has 2 aromatic rings. The summed E-state index contributed by atoms with van der Waals surface area (Å²) in [6.45, 7) is 1.98. The van der Waals surface area contributed by atoms with Crippen molar-refractivity contribution in [1.29, 1.82) is 0 Å². The fraction of sp³-hybridized carbons (Fsp3) is 0.250. The minimum atomic E-state index is -3.37.